The lowest BCUT2D eigenvalue weighted by Gasteiger charge is -1.99. The van der Waals surface area contributed by atoms with Crippen LogP contribution in [0.25, 0.3) is 11.8 Å². The minimum Gasteiger partial charge on any atom is -0.508 e. The lowest BCUT2D eigenvalue weighted by Crippen LogP contribution is -1.92. The van der Waals surface area contributed by atoms with Crippen molar-refractivity contribution < 1.29 is 14.6 Å². The van der Waals surface area contributed by atoms with Crippen LogP contribution in [0.4, 0.5) is 0 Å². The molecule has 0 atom stereocenters. The maximum absolute atomic E-state index is 11.6. The van der Waals surface area contributed by atoms with E-state index < -0.39 is 0 Å². The third-order valence-electron chi connectivity index (χ3n) is 2.81. The fraction of sp³-hybridized carbons (Fsp3) is 0. The van der Waals surface area contributed by atoms with Crippen LogP contribution in [0, 0.1) is 0 Å². The lowest BCUT2D eigenvalue weighted by atomic mass is 10.1. The van der Waals surface area contributed by atoms with Gasteiger partial charge < -0.3 is 9.84 Å². The summed E-state index contributed by atoms with van der Waals surface area (Å²) in [6.45, 7) is 0. The number of phenols is 1. The van der Waals surface area contributed by atoms with Gasteiger partial charge in [-0.2, -0.15) is 0 Å². The Labute approximate surface area is 104 Å². The Morgan fingerprint density at radius 3 is 2.33 bits per heavy atom. The van der Waals surface area contributed by atoms with Crippen molar-refractivity contribution >= 4 is 17.8 Å². The van der Waals surface area contributed by atoms with Crippen molar-refractivity contribution in [3.63, 3.8) is 0 Å². The second kappa shape index (κ2) is 4.04. The lowest BCUT2D eigenvalue weighted by molar-refractivity contribution is 0.0717. The molecule has 0 unspecified atom stereocenters. The van der Waals surface area contributed by atoms with Crippen LogP contribution in [-0.2, 0) is 4.74 Å². The SMILES string of the molecule is O=C1OC(=Cc2ccc(O)cc2)c2ccccc21. The van der Waals surface area contributed by atoms with Crippen LogP contribution in [0.3, 0.4) is 0 Å². The van der Waals surface area contributed by atoms with E-state index in [-0.39, 0.29) is 11.7 Å². The van der Waals surface area contributed by atoms with E-state index in [2.05, 4.69) is 0 Å². The van der Waals surface area contributed by atoms with Crippen LogP contribution in [0.5, 0.6) is 5.75 Å². The summed E-state index contributed by atoms with van der Waals surface area (Å²) in [5.74, 6) is 0.429. The first-order valence-electron chi connectivity index (χ1n) is 5.56. The van der Waals surface area contributed by atoms with E-state index in [9.17, 15) is 9.90 Å². The summed E-state index contributed by atoms with van der Waals surface area (Å²) in [4.78, 5) is 11.6. The number of benzene rings is 2. The Morgan fingerprint density at radius 1 is 0.944 bits per heavy atom. The highest BCUT2D eigenvalue weighted by Crippen LogP contribution is 2.31. The van der Waals surface area contributed by atoms with Crippen LogP contribution in [-0.4, -0.2) is 11.1 Å². The second-order valence-corrected chi connectivity index (χ2v) is 4.04. The molecule has 2 aromatic rings. The van der Waals surface area contributed by atoms with Gasteiger partial charge >= 0.3 is 5.97 Å². The van der Waals surface area contributed by atoms with Crippen LogP contribution in [0.1, 0.15) is 21.5 Å². The van der Waals surface area contributed by atoms with Crippen molar-refractivity contribution in [1.29, 1.82) is 0 Å². The van der Waals surface area contributed by atoms with Crippen molar-refractivity contribution in [2.75, 3.05) is 0 Å². The van der Waals surface area contributed by atoms with Gasteiger partial charge in [0.05, 0.1) is 5.56 Å². The fourth-order valence-electron chi connectivity index (χ4n) is 1.91. The molecule has 1 N–H and O–H groups in total. The number of ether oxygens (including phenoxy) is 1. The molecular weight excluding hydrogens is 228 g/mol. The van der Waals surface area contributed by atoms with E-state index in [0.717, 1.165) is 11.1 Å². The van der Waals surface area contributed by atoms with Crippen molar-refractivity contribution in [2.24, 2.45) is 0 Å². The first kappa shape index (κ1) is 10.6. The first-order chi connectivity index (χ1) is 8.74. The molecule has 3 nitrogen and oxygen atoms in total. The van der Waals surface area contributed by atoms with Crippen LogP contribution in [0.2, 0.25) is 0 Å². The highest BCUT2D eigenvalue weighted by atomic mass is 16.5. The molecule has 1 aliphatic rings. The Bertz CT molecular complexity index is 639. The molecule has 88 valence electrons. The summed E-state index contributed by atoms with van der Waals surface area (Å²) < 4.78 is 5.23. The van der Waals surface area contributed by atoms with E-state index in [1.54, 1.807) is 36.4 Å². The Hall–Kier alpha value is -2.55. The van der Waals surface area contributed by atoms with E-state index in [4.69, 9.17) is 4.74 Å². The molecule has 0 spiro atoms. The summed E-state index contributed by atoms with van der Waals surface area (Å²) in [5, 5.41) is 9.21. The zero-order valence-corrected chi connectivity index (χ0v) is 9.46. The van der Waals surface area contributed by atoms with Crippen LogP contribution >= 0.6 is 0 Å². The van der Waals surface area contributed by atoms with Crippen molar-refractivity contribution in [3.8, 4) is 5.75 Å². The molecule has 0 amide bonds. The smallest absolute Gasteiger partial charge is 0.344 e. The van der Waals surface area contributed by atoms with Gasteiger partial charge in [-0.05, 0) is 29.8 Å². The molecule has 1 heterocycles. The van der Waals surface area contributed by atoms with Gasteiger partial charge in [0.15, 0.2) is 0 Å². The molecule has 0 aliphatic carbocycles. The zero-order valence-electron chi connectivity index (χ0n) is 9.46. The number of hydrogen-bond acceptors (Lipinski definition) is 3. The molecule has 3 rings (SSSR count). The molecular formula is C15H10O3. The quantitative estimate of drug-likeness (QED) is 0.776. The average molecular weight is 238 g/mol. The topological polar surface area (TPSA) is 46.5 Å². The Morgan fingerprint density at radius 2 is 1.61 bits per heavy atom. The first-order valence-corrected chi connectivity index (χ1v) is 5.56. The molecule has 2 aromatic carbocycles. The van der Waals surface area contributed by atoms with E-state index in [1.807, 2.05) is 18.2 Å². The van der Waals surface area contributed by atoms with Crippen molar-refractivity contribution in [3.05, 3.63) is 65.2 Å². The maximum atomic E-state index is 11.6. The number of aromatic hydroxyl groups is 1. The molecule has 0 bridgehead atoms. The number of carbonyl (C=O) groups excluding carboxylic acids is 1. The molecule has 0 fully saturated rings. The molecule has 0 radical (unpaired) electrons. The van der Waals surface area contributed by atoms with Gasteiger partial charge in [-0.15, -0.1) is 0 Å². The van der Waals surface area contributed by atoms with Crippen molar-refractivity contribution in [1.82, 2.24) is 0 Å². The number of phenolic OH excluding ortho intramolecular Hbond substituents is 1. The van der Waals surface area contributed by atoms with Gasteiger partial charge in [0.1, 0.15) is 11.5 Å². The summed E-state index contributed by atoms with van der Waals surface area (Å²) in [5.41, 5.74) is 2.26. The number of fused-ring (bicyclic) bond motifs is 1. The molecule has 0 saturated heterocycles. The monoisotopic (exact) mass is 238 g/mol. The van der Waals surface area contributed by atoms with Gasteiger partial charge in [-0.25, -0.2) is 4.79 Å². The predicted molar refractivity (Wildman–Crippen MR) is 67.8 cm³/mol. The van der Waals surface area contributed by atoms with Crippen molar-refractivity contribution in [2.45, 2.75) is 0 Å². The number of cyclic esters (lactones) is 1. The molecule has 1 aliphatic heterocycles. The Kier molecular flexibility index (Phi) is 2.38. The number of carbonyl (C=O) groups is 1. The Balaban J connectivity index is 2.04. The predicted octanol–water partition coefficient (Wildman–Crippen LogP) is 3.06. The summed E-state index contributed by atoms with van der Waals surface area (Å²) >= 11 is 0. The minimum atomic E-state index is -0.323. The standard InChI is InChI=1S/C15H10O3/c16-11-7-5-10(6-8-11)9-14-12-3-1-2-4-13(12)15(17)18-14/h1-9,16H. The van der Waals surface area contributed by atoms with Gasteiger partial charge in [0.2, 0.25) is 0 Å². The zero-order chi connectivity index (χ0) is 12.5. The van der Waals surface area contributed by atoms with Gasteiger partial charge in [-0.3, -0.25) is 0 Å². The number of esters is 1. The summed E-state index contributed by atoms with van der Waals surface area (Å²) in [7, 11) is 0. The third-order valence-corrected chi connectivity index (χ3v) is 2.81. The number of rotatable bonds is 1. The van der Waals surface area contributed by atoms with Gasteiger partial charge in [-0.1, -0.05) is 30.3 Å². The molecule has 3 heteroatoms. The summed E-state index contributed by atoms with van der Waals surface area (Å²) in [6, 6.07) is 14.0. The normalized spacial score (nSPS) is 15.6. The summed E-state index contributed by atoms with van der Waals surface area (Å²) in [6.07, 6.45) is 1.78. The third kappa shape index (κ3) is 1.76. The van der Waals surface area contributed by atoms with Crippen LogP contribution in [0.15, 0.2) is 48.5 Å². The van der Waals surface area contributed by atoms with E-state index in [0.29, 0.717) is 11.3 Å². The minimum absolute atomic E-state index is 0.209. The highest BCUT2D eigenvalue weighted by molar-refractivity contribution is 6.05. The van der Waals surface area contributed by atoms with Gasteiger partial charge in [0, 0.05) is 5.56 Å². The maximum Gasteiger partial charge on any atom is 0.344 e. The van der Waals surface area contributed by atoms with E-state index >= 15 is 0 Å². The molecule has 0 saturated carbocycles. The molecule has 0 aromatic heterocycles. The average Bonchev–Trinajstić information content (AvgIpc) is 2.70. The second-order valence-electron chi connectivity index (χ2n) is 4.04. The molecule has 18 heavy (non-hydrogen) atoms. The van der Waals surface area contributed by atoms with Gasteiger partial charge in [0.25, 0.3) is 0 Å². The highest BCUT2D eigenvalue weighted by Gasteiger charge is 2.25. The van der Waals surface area contributed by atoms with Crippen LogP contribution < -0.4 is 0 Å². The van der Waals surface area contributed by atoms with E-state index in [1.165, 1.54) is 0 Å². The fourth-order valence-corrected chi connectivity index (χ4v) is 1.91. The number of hydrogen-bond donors (Lipinski definition) is 1. The largest absolute Gasteiger partial charge is 0.508 e.